The second-order valence-corrected chi connectivity index (χ2v) is 18.6. The highest BCUT2D eigenvalue weighted by Crippen LogP contribution is 2.34. The van der Waals surface area contributed by atoms with Gasteiger partial charge in [-0.1, -0.05) is 234 Å². The Labute approximate surface area is 385 Å². The van der Waals surface area contributed by atoms with Crippen molar-refractivity contribution in [2.45, 2.75) is 213 Å². The van der Waals surface area contributed by atoms with Gasteiger partial charge in [0.1, 0.15) is 0 Å². The summed E-state index contributed by atoms with van der Waals surface area (Å²) in [5.74, 6) is 0. The van der Waals surface area contributed by atoms with Crippen molar-refractivity contribution >= 4 is 28.4 Å². The Bertz CT molecular complexity index is 1640. The number of benzene rings is 4. The van der Waals surface area contributed by atoms with Crippen LogP contribution in [0.25, 0.3) is 0 Å². The molecule has 0 heterocycles. The maximum atomic E-state index is 11.5. The Morgan fingerprint density at radius 1 is 0.413 bits per heavy atom. The quantitative estimate of drug-likeness (QED) is 0.0256. The first-order valence-electron chi connectivity index (χ1n) is 26.0. The van der Waals surface area contributed by atoms with Crippen LogP contribution in [0.5, 0.6) is 0 Å². The van der Waals surface area contributed by atoms with Crippen LogP contribution in [0.2, 0.25) is 0 Å². The summed E-state index contributed by atoms with van der Waals surface area (Å²) in [7, 11) is 0. The fraction of sp³-hybridized carbons (Fsp3) is 0.586. The van der Waals surface area contributed by atoms with E-state index in [1.807, 2.05) is 12.1 Å². The largest absolute Gasteiger partial charge is 0.341 e. The molecule has 0 bridgehead atoms. The van der Waals surface area contributed by atoms with Crippen molar-refractivity contribution in [2.24, 2.45) is 0 Å². The number of hydrogen-bond donors (Lipinski definition) is 0. The third kappa shape index (κ3) is 21.9. The molecule has 0 amide bonds. The van der Waals surface area contributed by atoms with Gasteiger partial charge >= 0.3 is 0 Å². The smallest absolute Gasteiger partial charge is 0.269 e. The molecule has 0 saturated heterocycles. The topological polar surface area (TPSA) is 49.6 Å². The molecule has 0 aromatic heterocycles. The standard InChI is InChI=1S/C58H87N3O2/c1-3-4-5-6-7-8-9-10-11-12-13-16-19-22-25-30-41-55(60(56-45-43-52(2)44-46-56)57-47-49-58(50-48-57)61(62)63)42-31-26-23-20-17-14-15-18-21-24-27-36-51-59(53-37-32-28-33-38-53)54-39-34-29-35-40-54/h28-29,32-35,37-40,43-50,55H,3-27,30-31,36,41-42,51H2,1-2H3. The van der Waals surface area contributed by atoms with E-state index in [0.29, 0.717) is 6.04 Å². The third-order valence-electron chi connectivity index (χ3n) is 13.2. The number of para-hydroxylation sites is 2. The molecule has 346 valence electrons. The van der Waals surface area contributed by atoms with E-state index in [4.69, 9.17) is 0 Å². The number of unbranched alkanes of at least 4 members (excludes halogenated alkanes) is 26. The fourth-order valence-electron chi connectivity index (χ4n) is 9.38. The summed E-state index contributed by atoms with van der Waals surface area (Å²) in [5.41, 5.74) is 6.22. The van der Waals surface area contributed by atoms with Gasteiger partial charge < -0.3 is 9.80 Å². The maximum absolute atomic E-state index is 11.5. The number of nitro groups is 1. The molecular weight excluding hydrogens is 771 g/mol. The predicted molar refractivity (Wildman–Crippen MR) is 274 cm³/mol. The lowest BCUT2D eigenvalue weighted by atomic mass is 9.97. The number of anilines is 4. The van der Waals surface area contributed by atoms with Crippen molar-refractivity contribution in [1.82, 2.24) is 0 Å². The van der Waals surface area contributed by atoms with Gasteiger partial charge in [0.05, 0.1) is 4.92 Å². The van der Waals surface area contributed by atoms with E-state index in [9.17, 15) is 10.1 Å². The molecule has 5 nitrogen and oxygen atoms in total. The van der Waals surface area contributed by atoms with Crippen LogP contribution in [0, 0.1) is 17.0 Å². The molecule has 4 aromatic rings. The Hall–Kier alpha value is -4.12. The lowest BCUT2D eigenvalue weighted by Gasteiger charge is -2.34. The maximum Gasteiger partial charge on any atom is 0.269 e. The zero-order valence-corrected chi connectivity index (χ0v) is 40.0. The van der Waals surface area contributed by atoms with Crippen LogP contribution in [-0.4, -0.2) is 17.5 Å². The van der Waals surface area contributed by atoms with E-state index in [2.05, 4.69) is 109 Å². The highest BCUT2D eigenvalue weighted by molar-refractivity contribution is 5.66. The normalized spacial score (nSPS) is 11.8. The first-order valence-corrected chi connectivity index (χ1v) is 26.0. The van der Waals surface area contributed by atoms with Crippen molar-refractivity contribution < 1.29 is 4.92 Å². The summed E-state index contributed by atoms with van der Waals surface area (Å²) in [6.45, 7) is 5.50. The molecule has 0 saturated carbocycles. The lowest BCUT2D eigenvalue weighted by molar-refractivity contribution is -0.384. The Morgan fingerprint density at radius 2 is 0.746 bits per heavy atom. The highest BCUT2D eigenvalue weighted by Gasteiger charge is 2.22. The minimum absolute atomic E-state index is 0.155. The minimum Gasteiger partial charge on any atom is -0.341 e. The monoisotopic (exact) mass is 858 g/mol. The van der Waals surface area contributed by atoms with Crippen molar-refractivity contribution in [1.29, 1.82) is 0 Å². The molecule has 0 N–H and O–H groups in total. The fourth-order valence-corrected chi connectivity index (χ4v) is 9.38. The highest BCUT2D eigenvalue weighted by atomic mass is 16.6. The van der Waals surface area contributed by atoms with Crippen LogP contribution in [-0.2, 0) is 0 Å². The molecular formula is C58H87N3O2. The Morgan fingerprint density at radius 3 is 1.11 bits per heavy atom. The van der Waals surface area contributed by atoms with Gasteiger partial charge in [0, 0.05) is 47.5 Å². The second-order valence-electron chi connectivity index (χ2n) is 18.6. The number of nitro benzene ring substituents is 1. The van der Waals surface area contributed by atoms with Gasteiger partial charge in [0.2, 0.25) is 0 Å². The van der Waals surface area contributed by atoms with Gasteiger partial charge in [0.15, 0.2) is 0 Å². The molecule has 0 aliphatic carbocycles. The first-order chi connectivity index (χ1) is 31.1. The summed E-state index contributed by atoms with van der Waals surface area (Å²) >= 11 is 0. The van der Waals surface area contributed by atoms with Crippen molar-refractivity contribution in [3.63, 3.8) is 0 Å². The number of hydrogen-bond acceptors (Lipinski definition) is 4. The molecule has 0 fully saturated rings. The molecule has 1 atom stereocenters. The third-order valence-corrected chi connectivity index (χ3v) is 13.2. The minimum atomic E-state index is -0.289. The van der Waals surface area contributed by atoms with Gasteiger partial charge in [-0.25, -0.2) is 0 Å². The lowest BCUT2D eigenvalue weighted by Crippen LogP contribution is -2.31. The molecule has 1 unspecified atom stereocenters. The van der Waals surface area contributed by atoms with E-state index in [1.165, 1.54) is 202 Å². The van der Waals surface area contributed by atoms with Crippen molar-refractivity contribution in [2.75, 3.05) is 16.3 Å². The molecule has 0 aliphatic heterocycles. The molecule has 4 rings (SSSR count). The molecule has 5 heteroatoms. The van der Waals surface area contributed by atoms with Crippen LogP contribution in [0.4, 0.5) is 28.4 Å². The summed E-state index contributed by atoms with van der Waals surface area (Å²) in [6, 6.07) is 38.1. The van der Waals surface area contributed by atoms with E-state index in [0.717, 1.165) is 25.1 Å². The zero-order valence-electron chi connectivity index (χ0n) is 40.0. The summed E-state index contributed by atoms with van der Waals surface area (Å²) in [4.78, 5) is 16.2. The van der Waals surface area contributed by atoms with E-state index >= 15 is 0 Å². The van der Waals surface area contributed by atoms with Crippen LogP contribution in [0.15, 0.2) is 109 Å². The average molecular weight is 858 g/mol. The molecule has 0 spiro atoms. The molecule has 0 aliphatic rings. The van der Waals surface area contributed by atoms with Gasteiger partial charge in [-0.2, -0.15) is 0 Å². The Kier molecular flexibility index (Phi) is 27.3. The SMILES string of the molecule is CCCCCCCCCCCCCCCCCCC(CCCCCCCCCCCCCCN(c1ccccc1)c1ccccc1)N(c1ccc(C)cc1)c1ccc([N+](=O)[O-])cc1. The molecule has 0 radical (unpaired) electrons. The van der Waals surface area contributed by atoms with Gasteiger partial charge in [-0.05, 0) is 74.7 Å². The van der Waals surface area contributed by atoms with Crippen LogP contribution in [0.1, 0.15) is 205 Å². The summed E-state index contributed by atoms with van der Waals surface area (Å²) in [6.07, 6.45) is 40.2. The van der Waals surface area contributed by atoms with E-state index in [1.54, 1.807) is 12.1 Å². The van der Waals surface area contributed by atoms with Gasteiger partial charge in [-0.15, -0.1) is 0 Å². The number of rotatable bonds is 38. The van der Waals surface area contributed by atoms with Crippen molar-refractivity contribution in [3.8, 4) is 0 Å². The molecule has 63 heavy (non-hydrogen) atoms. The molecule has 4 aromatic carbocycles. The van der Waals surface area contributed by atoms with Crippen molar-refractivity contribution in [3.05, 3.63) is 125 Å². The number of aryl methyl sites for hydroxylation is 1. The summed E-state index contributed by atoms with van der Waals surface area (Å²) < 4.78 is 0. The van der Waals surface area contributed by atoms with Crippen LogP contribution < -0.4 is 9.80 Å². The van der Waals surface area contributed by atoms with Gasteiger partial charge in [-0.3, -0.25) is 10.1 Å². The van der Waals surface area contributed by atoms with Crippen LogP contribution in [0.3, 0.4) is 0 Å². The van der Waals surface area contributed by atoms with Gasteiger partial charge in [0.25, 0.3) is 5.69 Å². The van der Waals surface area contributed by atoms with E-state index in [-0.39, 0.29) is 10.6 Å². The number of non-ortho nitro benzene ring substituents is 1. The number of nitrogens with zero attached hydrogens (tertiary/aromatic N) is 3. The Balaban J connectivity index is 1.13. The average Bonchev–Trinajstić information content (AvgIpc) is 3.31. The predicted octanol–water partition coefficient (Wildman–Crippen LogP) is 19.0. The van der Waals surface area contributed by atoms with Crippen LogP contribution >= 0.6 is 0 Å². The second kappa shape index (κ2) is 33.4. The van der Waals surface area contributed by atoms with E-state index < -0.39 is 0 Å². The zero-order chi connectivity index (χ0) is 44.4. The first kappa shape index (κ1) is 51.5. The summed E-state index contributed by atoms with van der Waals surface area (Å²) in [5, 5.41) is 11.5.